The Balaban J connectivity index is 1.87. The normalized spacial score (nSPS) is 16.7. The maximum atomic E-state index is 13.8. The minimum absolute atomic E-state index is 0.176. The number of hydrogen-bond donors (Lipinski definition) is 1. The largest absolute Gasteiger partial charge is 0.361 e. The van der Waals surface area contributed by atoms with Crippen molar-refractivity contribution in [1.82, 2.24) is 5.32 Å². The molecule has 1 atom stereocenters. The molecule has 0 aliphatic heterocycles. The fraction of sp³-hybridized carbons (Fsp3) is 0.360. The van der Waals surface area contributed by atoms with Crippen molar-refractivity contribution < 1.29 is 14.0 Å². The van der Waals surface area contributed by atoms with Crippen LogP contribution >= 0.6 is 11.6 Å². The summed E-state index contributed by atoms with van der Waals surface area (Å²) in [5.74, 6) is -0.0319. The molecule has 0 saturated heterocycles. The zero-order valence-corrected chi connectivity index (χ0v) is 19.1. The van der Waals surface area contributed by atoms with E-state index in [1.165, 1.54) is 0 Å². The first-order valence-electron chi connectivity index (χ1n) is 10.4. The molecule has 0 fully saturated rings. The van der Waals surface area contributed by atoms with Crippen molar-refractivity contribution >= 4 is 28.8 Å². The Labute approximate surface area is 189 Å². The SMILES string of the molecule is C=C(CC1=CC=CCC1F)O/N=C(\C)C(=O)NCC/C(=C/CC)c1cc(Cl)ccc1C. The van der Waals surface area contributed by atoms with Gasteiger partial charge < -0.3 is 10.2 Å². The summed E-state index contributed by atoms with van der Waals surface area (Å²) < 4.78 is 13.8. The van der Waals surface area contributed by atoms with Gasteiger partial charge in [0, 0.05) is 24.4 Å². The molecule has 1 N–H and O–H groups in total. The van der Waals surface area contributed by atoms with Crippen molar-refractivity contribution in [3.8, 4) is 0 Å². The number of rotatable bonds is 10. The van der Waals surface area contributed by atoms with E-state index in [9.17, 15) is 9.18 Å². The van der Waals surface area contributed by atoms with Gasteiger partial charge in [0.15, 0.2) is 0 Å². The highest BCUT2D eigenvalue weighted by Crippen LogP contribution is 2.26. The third-order valence-corrected chi connectivity index (χ3v) is 5.14. The van der Waals surface area contributed by atoms with Gasteiger partial charge in [0.05, 0.1) is 0 Å². The van der Waals surface area contributed by atoms with E-state index in [1.807, 2.05) is 31.2 Å². The van der Waals surface area contributed by atoms with Crippen molar-refractivity contribution in [1.29, 1.82) is 0 Å². The molecule has 0 radical (unpaired) electrons. The molecule has 31 heavy (non-hydrogen) atoms. The number of amides is 1. The van der Waals surface area contributed by atoms with Crippen LogP contribution in [0.5, 0.6) is 0 Å². The molecule has 1 amide bonds. The minimum atomic E-state index is -1.03. The Morgan fingerprint density at radius 3 is 2.94 bits per heavy atom. The number of nitrogens with zero attached hydrogens (tertiary/aromatic N) is 1. The lowest BCUT2D eigenvalue weighted by Gasteiger charge is -2.14. The Morgan fingerprint density at radius 2 is 2.23 bits per heavy atom. The van der Waals surface area contributed by atoms with E-state index in [4.69, 9.17) is 16.4 Å². The second kappa shape index (κ2) is 12.3. The Kier molecular flexibility index (Phi) is 9.73. The van der Waals surface area contributed by atoms with Gasteiger partial charge >= 0.3 is 0 Å². The molecular weight excluding hydrogens is 415 g/mol. The van der Waals surface area contributed by atoms with Gasteiger partial charge in [-0.25, -0.2) is 4.39 Å². The van der Waals surface area contributed by atoms with Gasteiger partial charge in [-0.05, 0) is 61.1 Å². The number of hydrogen-bond acceptors (Lipinski definition) is 3. The summed E-state index contributed by atoms with van der Waals surface area (Å²) in [4.78, 5) is 17.5. The third kappa shape index (κ3) is 7.83. The van der Waals surface area contributed by atoms with Gasteiger partial charge in [0.2, 0.25) is 0 Å². The third-order valence-electron chi connectivity index (χ3n) is 4.91. The lowest BCUT2D eigenvalue weighted by molar-refractivity contribution is -0.114. The molecule has 6 heteroatoms. The zero-order valence-electron chi connectivity index (χ0n) is 18.4. The summed E-state index contributed by atoms with van der Waals surface area (Å²) in [6.45, 7) is 9.89. The number of oxime groups is 1. The van der Waals surface area contributed by atoms with Crippen molar-refractivity contribution in [2.45, 2.75) is 52.6 Å². The van der Waals surface area contributed by atoms with Crippen LogP contribution in [0.4, 0.5) is 4.39 Å². The van der Waals surface area contributed by atoms with E-state index in [-0.39, 0.29) is 18.0 Å². The summed E-state index contributed by atoms with van der Waals surface area (Å²) in [6, 6.07) is 5.81. The highest BCUT2D eigenvalue weighted by Gasteiger charge is 2.16. The zero-order chi connectivity index (χ0) is 22.8. The molecule has 1 aromatic rings. The first kappa shape index (κ1) is 24.6. The Bertz CT molecular complexity index is 931. The van der Waals surface area contributed by atoms with Crippen LogP contribution < -0.4 is 5.32 Å². The standard InChI is InChI=1S/C25H30ClFN2O2/c1-5-8-20(23-16-22(26)12-11-17(23)2)13-14-28-25(30)19(4)29-31-18(3)15-21-9-6-7-10-24(21)27/h6-9,11-12,16,24H,3,5,10,13-15H2,1-2,4H3,(H,28,30)/b20-8-,29-19+. The molecule has 2 rings (SSSR count). The smallest absolute Gasteiger partial charge is 0.268 e. The van der Waals surface area contributed by atoms with Crippen LogP contribution in [0.15, 0.2) is 65.6 Å². The molecular formula is C25H30ClFN2O2. The number of nitrogens with one attached hydrogen (secondary N) is 1. The topological polar surface area (TPSA) is 50.7 Å². The first-order valence-corrected chi connectivity index (χ1v) is 10.8. The lowest BCUT2D eigenvalue weighted by Crippen LogP contribution is -2.30. The second-order valence-electron chi connectivity index (χ2n) is 7.46. The van der Waals surface area contributed by atoms with E-state index in [0.29, 0.717) is 35.7 Å². The minimum Gasteiger partial charge on any atom is -0.361 e. The number of aryl methyl sites for hydroxylation is 1. The summed E-state index contributed by atoms with van der Waals surface area (Å²) in [6.07, 6.45) is 8.57. The van der Waals surface area contributed by atoms with Gasteiger partial charge in [-0.3, -0.25) is 4.79 Å². The lowest BCUT2D eigenvalue weighted by atomic mass is 9.97. The van der Waals surface area contributed by atoms with Crippen molar-refractivity contribution in [3.63, 3.8) is 0 Å². The van der Waals surface area contributed by atoms with E-state index in [2.05, 4.69) is 30.1 Å². The summed E-state index contributed by atoms with van der Waals surface area (Å²) in [5, 5.41) is 7.38. The van der Waals surface area contributed by atoms with Gasteiger partial charge in [-0.1, -0.05) is 60.6 Å². The number of allylic oxidation sites excluding steroid dienone is 5. The van der Waals surface area contributed by atoms with Crippen LogP contribution in [0, 0.1) is 6.92 Å². The fourth-order valence-electron chi connectivity index (χ4n) is 3.22. The summed E-state index contributed by atoms with van der Waals surface area (Å²) >= 11 is 6.16. The highest BCUT2D eigenvalue weighted by molar-refractivity contribution is 6.37. The molecule has 0 spiro atoms. The number of carbonyl (C=O) groups is 1. The van der Waals surface area contributed by atoms with Crippen LogP contribution in [-0.4, -0.2) is 24.3 Å². The number of carbonyl (C=O) groups excluding carboxylic acids is 1. The average Bonchev–Trinajstić information content (AvgIpc) is 2.74. The summed E-state index contributed by atoms with van der Waals surface area (Å²) in [7, 11) is 0. The van der Waals surface area contributed by atoms with E-state index < -0.39 is 6.17 Å². The van der Waals surface area contributed by atoms with Crippen LogP contribution in [0.25, 0.3) is 5.57 Å². The first-order chi connectivity index (χ1) is 14.8. The number of halogens is 2. The molecule has 0 heterocycles. The van der Waals surface area contributed by atoms with Crippen LogP contribution in [0.2, 0.25) is 5.02 Å². The molecule has 1 aliphatic carbocycles. The maximum Gasteiger partial charge on any atom is 0.268 e. The van der Waals surface area contributed by atoms with Crippen LogP contribution in [-0.2, 0) is 9.63 Å². The molecule has 166 valence electrons. The molecule has 0 aromatic heterocycles. The predicted molar refractivity (Wildman–Crippen MR) is 127 cm³/mol. The van der Waals surface area contributed by atoms with Gasteiger partial charge in [0.1, 0.15) is 17.6 Å². The molecule has 1 unspecified atom stereocenters. The Hall–Kier alpha value is -2.66. The predicted octanol–water partition coefficient (Wildman–Crippen LogP) is 6.47. The van der Waals surface area contributed by atoms with Gasteiger partial charge in [-0.2, -0.15) is 0 Å². The van der Waals surface area contributed by atoms with Crippen molar-refractivity contribution in [3.05, 3.63) is 76.6 Å². The second-order valence-corrected chi connectivity index (χ2v) is 7.90. The molecule has 0 saturated carbocycles. The quantitative estimate of drug-likeness (QED) is 0.255. The monoisotopic (exact) mass is 444 g/mol. The molecule has 0 bridgehead atoms. The fourth-order valence-corrected chi connectivity index (χ4v) is 3.39. The Morgan fingerprint density at radius 1 is 1.45 bits per heavy atom. The van der Waals surface area contributed by atoms with E-state index in [1.54, 1.807) is 19.1 Å². The van der Waals surface area contributed by atoms with Crippen LogP contribution in [0.3, 0.4) is 0 Å². The van der Waals surface area contributed by atoms with Gasteiger partial charge in [-0.15, -0.1) is 0 Å². The van der Waals surface area contributed by atoms with Crippen molar-refractivity contribution in [2.75, 3.05) is 6.54 Å². The molecule has 1 aromatic carbocycles. The van der Waals surface area contributed by atoms with Crippen molar-refractivity contribution in [2.24, 2.45) is 5.16 Å². The van der Waals surface area contributed by atoms with E-state index in [0.717, 1.165) is 23.1 Å². The summed E-state index contributed by atoms with van der Waals surface area (Å²) in [5.41, 5.74) is 4.13. The number of alkyl halides is 1. The highest BCUT2D eigenvalue weighted by atomic mass is 35.5. The maximum absolute atomic E-state index is 13.8. The van der Waals surface area contributed by atoms with Gasteiger partial charge in [0.25, 0.3) is 5.91 Å². The van der Waals surface area contributed by atoms with Crippen LogP contribution in [0.1, 0.15) is 50.7 Å². The average molecular weight is 445 g/mol. The molecule has 1 aliphatic rings. The number of benzene rings is 1. The van der Waals surface area contributed by atoms with E-state index >= 15 is 0 Å². The molecule has 4 nitrogen and oxygen atoms in total.